The van der Waals surface area contributed by atoms with Gasteiger partial charge in [0.15, 0.2) is 5.12 Å². The standard InChI is InChI=1S/C13H15NOS/c1-10-12(7-5-8-13(10)14)6-3-4-9-16-11(2)15/h5,7-8H,4,9,14H2,1-2H3. The normalized spacial score (nSPS) is 9.38. The van der Waals surface area contributed by atoms with Crippen LogP contribution in [-0.4, -0.2) is 10.9 Å². The van der Waals surface area contributed by atoms with Gasteiger partial charge in [-0.15, -0.1) is 0 Å². The van der Waals surface area contributed by atoms with Crippen LogP contribution in [0.2, 0.25) is 0 Å². The van der Waals surface area contributed by atoms with E-state index in [9.17, 15) is 4.79 Å². The van der Waals surface area contributed by atoms with Crippen molar-refractivity contribution >= 4 is 22.6 Å². The summed E-state index contributed by atoms with van der Waals surface area (Å²) in [4.78, 5) is 10.7. The summed E-state index contributed by atoms with van der Waals surface area (Å²) in [6, 6.07) is 5.72. The lowest BCUT2D eigenvalue weighted by molar-refractivity contribution is -0.109. The van der Waals surface area contributed by atoms with Gasteiger partial charge in [-0.05, 0) is 24.6 Å². The van der Waals surface area contributed by atoms with Crippen LogP contribution in [0, 0.1) is 18.8 Å². The molecule has 0 saturated carbocycles. The smallest absolute Gasteiger partial charge is 0.185 e. The van der Waals surface area contributed by atoms with Gasteiger partial charge in [0.25, 0.3) is 0 Å². The average Bonchev–Trinajstić information content (AvgIpc) is 2.23. The van der Waals surface area contributed by atoms with Gasteiger partial charge in [-0.1, -0.05) is 29.7 Å². The molecule has 84 valence electrons. The molecule has 0 aliphatic heterocycles. The lowest BCUT2D eigenvalue weighted by Crippen LogP contribution is -1.91. The summed E-state index contributed by atoms with van der Waals surface area (Å²) in [6.45, 7) is 3.53. The highest BCUT2D eigenvalue weighted by molar-refractivity contribution is 8.13. The Morgan fingerprint density at radius 1 is 1.50 bits per heavy atom. The average molecular weight is 233 g/mol. The Labute approximate surface area is 101 Å². The van der Waals surface area contributed by atoms with E-state index in [0.29, 0.717) is 0 Å². The maximum absolute atomic E-state index is 10.7. The van der Waals surface area contributed by atoms with Crippen LogP contribution < -0.4 is 5.73 Å². The zero-order valence-electron chi connectivity index (χ0n) is 9.54. The quantitative estimate of drug-likeness (QED) is 0.485. The molecule has 1 aromatic rings. The summed E-state index contributed by atoms with van der Waals surface area (Å²) in [5.41, 5.74) is 8.53. The molecule has 1 aromatic carbocycles. The van der Waals surface area contributed by atoms with E-state index in [4.69, 9.17) is 5.73 Å². The summed E-state index contributed by atoms with van der Waals surface area (Å²) in [5.74, 6) is 6.87. The fraction of sp³-hybridized carbons (Fsp3) is 0.308. The van der Waals surface area contributed by atoms with Gasteiger partial charge in [0.1, 0.15) is 0 Å². The second-order valence-electron chi connectivity index (χ2n) is 3.41. The zero-order chi connectivity index (χ0) is 12.0. The van der Waals surface area contributed by atoms with Crippen molar-refractivity contribution in [3.8, 4) is 11.8 Å². The number of nitrogens with two attached hydrogens (primary N) is 1. The van der Waals surface area contributed by atoms with Gasteiger partial charge in [0, 0.05) is 30.3 Å². The monoisotopic (exact) mass is 233 g/mol. The summed E-state index contributed by atoms with van der Waals surface area (Å²) in [6.07, 6.45) is 0.721. The van der Waals surface area contributed by atoms with E-state index >= 15 is 0 Å². The third-order valence-corrected chi connectivity index (χ3v) is 2.95. The first-order valence-corrected chi connectivity index (χ1v) is 6.07. The second-order valence-corrected chi connectivity index (χ2v) is 4.68. The van der Waals surface area contributed by atoms with Gasteiger partial charge in [0.05, 0.1) is 0 Å². The number of benzene rings is 1. The van der Waals surface area contributed by atoms with Crippen LogP contribution in [0.3, 0.4) is 0 Å². The Morgan fingerprint density at radius 3 is 2.94 bits per heavy atom. The molecule has 2 N–H and O–H groups in total. The highest BCUT2D eigenvalue weighted by atomic mass is 32.2. The molecule has 0 aromatic heterocycles. The predicted octanol–water partition coefficient (Wildman–Crippen LogP) is 2.60. The van der Waals surface area contributed by atoms with Crippen molar-refractivity contribution in [2.24, 2.45) is 0 Å². The molecule has 0 saturated heterocycles. The molecule has 0 amide bonds. The zero-order valence-corrected chi connectivity index (χ0v) is 10.4. The van der Waals surface area contributed by atoms with E-state index < -0.39 is 0 Å². The minimum Gasteiger partial charge on any atom is -0.398 e. The fourth-order valence-electron chi connectivity index (χ4n) is 1.19. The van der Waals surface area contributed by atoms with Crippen molar-refractivity contribution in [3.05, 3.63) is 29.3 Å². The molecule has 0 unspecified atom stereocenters. The molecular weight excluding hydrogens is 218 g/mol. The number of hydrogen-bond donors (Lipinski definition) is 1. The van der Waals surface area contributed by atoms with Crippen LogP contribution in [0.5, 0.6) is 0 Å². The van der Waals surface area contributed by atoms with Crippen LogP contribution in [0.15, 0.2) is 18.2 Å². The first-order valence-electron chi connectivity index (χ1n) is 5.08. The van der Waals surface area contributed by atoms with Crippen LogP contribution in [0.4, 0.5) is 5.69 Å². The van der Waals surface area contributed by atoms with Crippen LogP contribution in [0.1, 0.15) is 24.5 Å². The maximum Gasteiger partial charge on any atom is 0.185 e. The SMILES string of the molecule is CC(=O)SCCC#Cc1cccc(N)c1C. The number of anilines is 1. The van der Waals surface area contributed by atoms with Crippen molar-refractivity contribution in [1.82, 2.24) is 0 Å². The van der Waals surface area contributed by atoms with E-state index in [1.165, 1.54) is 11.8 Å². The highest BCUT2D eigenvalue weighted by Crippen LogP contribution is 2.14. The first-order chi connectivity index (χ1) is 7.61. The van der Waals surface area contributed by atoms with Gasteiger partial charge < -0.3 is 5.73 Å². The van der Waals surface area contributed by atoms with E-state index in [0.717, 1.165) is 29.0 Å². The van der Waals surface area contributed by atoms with E-state index in [1.54, 1.807) is 6.92 Å². The molecule has 0 atom stereocenters. The third kappa shape index (κ3) is 4.00. The van der Waals surface area contributed by atoms with Crippen molar-refractivity contribution in [3.63, 3.8) is 0 Å². The first kappa shape index (κ1) is 12.7. The van der Waals surface area contributed by atoms with E-state index in [-0.39, 0.29) is 5.12 Å². The molecule has 0 fully saturated rings. The van der Waals surface area contributed by atoms with Crippen molar-refractivity contribution in [2.75, 3.05) is 11.5 Å². The van der Waals surface area contributed by atoms with Gasteiger partial charge in [-0.2, -0.15) is 0 Å². The Hall–Kier alpha value is -1.40. The summed E-state index contributed by atoms with van der Waals surface area (Å²) in [5, 5.41) is 0.141. The number of nitrogen functional groups attached to an aromatic ring is 1. The molecule has 0 bridgehead atoms. The van der Waals surface area contributed by atoms with Gasteiger partial charge in [-0.3, -0.25) is 4.79 Å². The molecule has 0 radical (unpaired) electrons. The number of carbonyl (C=O) groups excluding carboxylic acids is 1. The Kier molecular flexibility index (Phi) is 4.94. The Bertz CT molecular complexity index is 443. The van der Waals surface area contributed by atoms with Crippen LogP contribution in [-0.2, 0) is 4.79 Å². The second kappa shape index (κ2) is 6.24. The molecule has 1 rings (SSSR count). The topological polar surface area (TPSA) is 43.1 Å². The molecule has 0 heterocycles. The maximum atomic E-state index is 10.7. The largest absolute Gasteiger partial charge is 0.398 e. The minimum absolute atomic E-state index is 0.141. The molecule has 0 aliphatic carbocycles. The number of carbonyl (C=O) groups is 1. The highest BCUT2D eigenvalue weighted by Gasteiger charge is 1.96. The minimum atomic E-state index is 0.141. The molecule has 3 heteroatoms. The van der Waals surface area contributed by atoms with Crippen LogP contribution >= 0.6 is 11.8 Å². The molecule has 16 heavy (non-hydrogen) atoms. The molecule has 0 aliphatic rings. The molecular formula is C13H15NOS. The predicted molar refractivity (Wildman–Crippen MR) is 70.2 cm³/mol. The van der Waals surface area contributed by atoms with Crippen molar-refractivity contribution < 1.29 is 4.79 Å². The number of thioether (sulfide) groups is 1. The van der Waals surface area contributed by atoms with E-state index in [2.05, 4.69) is 11.8 Å². The molecule has 2 nitrogen and oxygen atoms in total. The summed E-state index contributed by atoms with van der Waals surface area (Å²) >= 11 is 1.31. The Balaban J connectivity index is 2.56. The number of hydrogen-bond acceptors (Lipinski definition) is 3. The van der Waals surface area contributed by atoms with Gasteiger partial charge >= 0.3 is 0 Å². The summed E-state index contributed by atoms with van der Waals surface area (Å²) < 4.78 is 0. The van der Waals surface area contributed by atoms with Crippen molar-refractivity contribution in [2.45, 2.75) is 20.3 Å². The van der Waals surface area contributed by atoms with E-state index in [1.807, 2.05) is 25.1 Å². The van der Waals surface area contributed by atoms with Crippen LogP contribution in [0.25, 0.3) is 0 Å². The number of rotatable bonds is 2. The van der Waals surface area contributed by atoms with Gasteiger partial charge in [0.2, 0.25) is 0 Å². The Morgan fingerprint density at radius 2 is 2.25 bits per heavy atom. The van der Waals surface area contributed by atoms with Gasteiger partial charge in [-0.25, -0.2) is 0 Å². The fourth-order valence-corrected chi connectivity index (χ4v) is 1.68. The molecule has 0 spiro atoms. The van der Waals surface area contributed by atoms with Crippen molar-refractivity contribution in [1.29, 1.82) is 0 Å². The lowest BCUT2D eigenvalue weighted by Gasteiger charge is -2.00. The lowest BCUT2D eigenvalue weighted by atomic mass is 10.1. The third-order valence-electron chi connectivity index (χ3n) is 2.13. The summed E-state index contributed by atoms with van der Waals surface area (Å²) in [7, 11) is 0.